The number of carboxylic acid groups (broad SMARTS) is 1. The molecule has 0 aromatic heterocycles. The van der Waals surface area contributed by atoms with Crippen LogP contribution in [0.4, 0.5) is 0 Å². The van der Waals surface area contributed by atoms with Crippen LogP contribution in [0.25, 0.3) is 0 Å². The Kier molecular flexibility index (Phi) is 6.13. The third-order valence-electron chi connectivity index (χ3n) is 3.01. The van der Waals surface area contributed by atoms with E-state index in [1.165, 1.54) is 0 Å². The van der Waals surface area contributed by atoms with Gasteiger partial charge in [-0.15, -0.1) is 0 Å². The second-order valence-electron chi connectivity index (χ2n) is 5.96. The van der Waals surface area contributed by atoms with Crippen LogP contribution in [-0.2, 0) is 4.79 Å². The molecule has 2 atom stereocenters. The van der Waals surface area contributed by atoms with Gasteiger partial charge in [0, 0.05) is 18.6 Å². The van der Waals surface area contributed by atoms with Gasteiger partial charge >= 0.3 is 5.97 Å². The quantitative estimate of drug-likeness (QED) is 0.718. The molecule has 17 heavy (non-hydrogen) atoms. The lowest BCUT2D eigenvalue weighted by atomic mass is 9.93. The van der Waals surface area contributed by atoms with Crippen molar-refractivity contribution in [1.82, 2.24) is 4.90 Å². The number of carboxylic acids is 1. The molecular formula is C13H28N2O2. The van der Waals surface area contributed by atoms with Crippen molar-refractivity contribution in [1.29, 1.82) is 0 Å². The molecule has 0 spiro atoms. The van der Waals surface area contributed by atoms with Crippen molar-refractivity contribution in [3.63, 3.8) is 0 Å². The van der Waals surface area contributed by atoms with Crippen LogP contribution in [0.3, 0.4) is 0 Å². The van der Waals surface area contributed by atoms with Crippen molar-refractivity contribution in [3.8, 4) is 0 Å². The minimum absolute atomic E-state index is 0.170. The molecule has 2 unspecified atom stereocenters. The van der Waals surface area contributed by atoms with Crippen LogP contribution < -0.4 is 5.73 Å². The molecule has 4 heteroatoms. The topological polar surface area (TPSA) is 66.6 Å². The summed E-state index contributed by atoms with van der Waals surface area (Å²) >= 11 is 0. The van der Waals surface area contributed by atoms with Crippen molar-refractivity contribution in [2.45, 2.75) is 65.6 Å². The van der Waals surface area contributed by atoms with E-state index >= 15 is 0 Å². The van der Waals surface area contributed by atoms with Gasteiger partial charge in [0.2, 0.25) is 0 Å². The molecule has 0 aromatic carbocycles. The summed E-state index contributed by atoms with van der Waals surface area (Å²) in [5.74, 6) is -0.369. The SMILES string of the molecule is CC(C)CN(C(C)C)C(C)CC(C)(N)C(=O)O. The zero-order valence-electron chi connectivity index (χ0n) is 12.0. The van der Waals surface area contributed by atoms with E-state index in [1.807, 2.05) is 0 Å². The Balaban J connectivity index is 4.63. The molecule has 102 valence electrons. The monoisotopic (exact) mass is 244 g/mol. The molecule has 0 bridgehead atoms. The van der Waals surface area contributed by atoms with E-state index in [2.05, 4.69) is 39.5 Å². The van der Waals surface area contributed by atoms with Gasteiger partial charge in [-0.05, 0) is 40.0 Å². The molecule has 0 fully saturated rings. The van der Waals surface area contributed by atoms with Crippen LogP contribution in [0.1, 0.15) is 48.0 Å². The summed E-state index contributed by atoms with van der Waals surface area (Å²) in [6.07, 6.45) is 0.466. The van der Waals surface area contributed by atoms with Gasteiger partial charge in [0.25, 0.3) is 0 Å². The van der Waals surface area contributed by atoms with Crippen molar-refractivity contribution in [2.24, 2.45) is 11.7 Å². The summed E-state index contributed by atoms with van der Waals surface area (Å²) < 4.78 is 0. The lowest BCUT2D eigenvalue weighted by molar-refractivity contribution is -0.143. The van der Waals surface area contributed by atoms with Crippen molar-refractivity contribution >= 4 is 5.97 Å². The zero-order valence-corrected chi connectivity index (χ0v) is 12.0. The summed E-state index contributed by atoms with van der Waals surface area (Å²) in [7, 11) is 0. The Morgan fingerprint density at radius 3 is 2.06 bits per heavy atom. The smallest absolute Gasteiger partial charge is 0.323 e. The Morgan fingerprint density at radius 2 is 1.76 bits per heavy atom. The Hall–Kier alpha value is -0.610. The van der Waals surface area contributed by atoms with E-state index in [4.69, 9.17) is 10.8 Å². The van der Waals surface area contributed by atoms with Gasteiger partial charge in [-0.25, -0.2) is 0 Å². The summed E-state index contributed by atoms with van der Waals surface area (Å²) in [6, 6.07) is 0.570. The molecule has 0 amide bonds. The molecule has 0 aromatic rings. The van der Waals surface area contributed by atoms with E-state index < -0.39 is 11.5 Å². The first-order chi connectivity index (χ1) is 7.58. The maximum Gasteiger partial charge on any atom is 0.323 e. The van der Waals surface area contributed by atoms with E-state index in [-0.39, 0.29) is 6.04 Å². The van der Waals surface area contributed by atoms with Gasteiger partial charge in [-0.3, -0.25) is 9.69 Å². The van der Waals surface area contributed by atoms with Crippen LogP contribution in [0, 0.1) is 5.92 Å². The van der Waals surface area contributed by atoms with E-state index in [9.17, 15) is 4.79 Å². The third-order valence-corrected chi connectivity index (χ3v) is 3.01. The zero-order chi connectivity index (χ0) is 13.8. The highest BCUT2D eigenvalue weighted by Gasteiger charge is 2.32. The van der Waals surface area contributed by atoms with E-state index in [1.54, 1.807) is 6.92 Å². The number of rotatable bonds is 7. The number of hydrogen-bond acceptors (Lipinski definition) is 3. The summed E-state index contributed by atoms with van der Waals surface area (Å²) in [5, 5.41) is 9.05. The van der Waals surface area contributed by atoms with E-state index in [0.717, 1.165) is 6.54 Å². The largest absolute Gasteiger partial charge is 0.480 e. The number of carbonyl (C=O) groups is 1. The fraction of sp³-hybridized carbons (Fsp3) is 0.923. The summed E-state index contributed by atoms with van der Waals surface area (Å²) in [4.78, 5) is 13.3. The van der Waals surface area contributed by atoms with Crippen LogP contribution in [0.2, 0.25) is 0 Å². The highest BCUT2D eigenvalue weighted by molar-refractivity contribution is 5.77. The molecule has 4 nitrogen and oxygen atoms in total. The third kappa shape index (κ3) is 5.50. The van der Waals surface area contributed by atoms with Gasteiger partial charge in [0.1, 0.15) is 5.54 Å². The predicted octanol–water partition coefficient (Wildman–Crippen LogP) is 1.93. The highest BCUT2D eigenvalue weighted by Crippen LogP contribution is 2.18. The van der Waals surface area contributed by atoms with Crippen molar-refractivity contribution in [2.75, 3.05) is 6.54 Å². The minimum Gasteiger partial charge on any atom is -0.480 e. The van der Waals surface area contributed by atoms with Gasteiger partial charge < -0.3 is 10.8 Å². The minimum atomic E-state index is -1.15. The molecule has 0 aliphatic carbocycles. The normalized spacial score (nSPS) is 17.5. The fourth-order valence-electron chi connectivity index (χ4n) is 2.14. The molecule has 0 radical (unpaired) electrons. The molecular weight excluding hydrogens is 216 g/mol. The molecule has 0 saturated carbocycles. The molecule has 0 rings (SSSR count). The maximum atomic E-state index is 11.0. The first kappa shape index (κ1) is 16.4. The van der Waals surface area contributed by atoms with Crippen LogP contribution in [0.5, 0.6) is 0 Å². The van der Waals surface area contributed by atoms with E-state index in [0.29, 0.717) is 18.4 Å². The second kappa shape index (κ2) is 6.36. The van der Waals surface area contributed by atoms with Crippen molar-refractivity contribution < 1.29 is 9.90 Å². The molecule has 0 aliphatic rings. The predicted molar refractivity (Wildman–Crippen MR) is 71.0 cm³/mol. The lowest BCUT2D eigenvalue weighted by Crippen LogP contribution is -2.52. The average molecular weight is 244 g/mol. The fourth-order valence-corrected chi connectivity index (χ4v) is 2.14. The molecule has 0 saturated heterocycles. The standard InChI is InChI=1S/C13H28N2O2/c1-9(2)8-15(10(3)4)11(5)7-13(6,14)12(16)17/h9-11H,7-8,14H2,1-6H3,(H,16,17). The summed E-state index contributed by atoms with van der Waals surface area (Å²) in [5.41, 5.74) is 4.65. The number of nitrogens with zero attached hydrogens (tertiary/aromatic N) is 1. The maximum absolute atomic E-state index is 11.0. The van der Waals surface area contributed by atoms with Crippen LogP contribution in [0.15, 0.2) is 0 Å². The first-order valence-corrected chi connectivity index (χ1v) is 6.36. The highest BCUT2D eigenvalue weighted by atomic mass is 16.4. The summed E-state index contributed by atoms with van der Waals surface area (Å²) in [6.45, 7) is 13.2. The van der Waals surface area contributed by atoms with Crippen LogP contribution in [-0.4, -0.2) is 40.1 Å². The number of aliphatic carboxylic acids is 1. The van der Waals surface area contributed by atoms with Crippen LogP contribution >= 0.6 is 0 Å². The average Bonchev–Trinajstić information content (AvgIpc) is 2.12. The Labute approximate surface area is 105 Å². The van der Waals surface area contributed by atoms with Gasteiger partial charge in [0.05, 0.1) is 0 Å². The van der Waals surface area contributed by atoms with Gasteiger partial charge in [-0.2, -0.15) is 0 Å². The number of hydrogen-bond donors (Lipinski definition) is 2. The second-order valence-corrected chi connectivity index (χ2v) is 5.96. The van der Waals surface area contributed by atoms with Crippen molar-refractivity contribution in [3.05, 3.63) is 0 Å². The Morgan fingerprint density at radius 1 is 1.29 bits per heavy atom. The first-order valence-electron chi connectivity index (χ1n) is 6.36. The van der Waals surface area contributed by atoms with Gasteiger partial charge in [-0.1, -0.05) is 13.8 Å². The molecule has 0 heterocycles. The molecule has 3 N–H and O–H groups in total. The lowest BCUT2D eigenvalue weighted by Gasteiger charge is -2.37. The Bertz CT molecular complexity index is 250. The molecule has 0 aliphatic heterocycles. The van der Waals surface area contributed by atoms with Gasteiger partial charge in [0.15, 0.2) is 0 Å². The number of nitrogens with two attached hydrogens (primary N) is 1.